The van der Waals surface area contributed by atoms with Crippen LogP contribution in [0.3, 0.4) is 0 Å². The van der Waals surface area contributed by atoms with E-state index < -0.39 is 0 Å². The number of hydrogen-bond donors (Lipinski definition) is 1. The molecule has 1 aromatic rings. The van der Waals surface area contributed by atoms with E-state index in [4.69, 9.17) is 22.1 Å². The first-order chi connectivity index (χ1) is 6.40. The Balaban J connectivity index is 2.92. The molecule has 0 aliphatic carbocycles. The Morgan fingerprint density at radius 1 is 1.29 bits per heavy atom. The highest BCUT2D eigenvalue weighted by molar-refractivity contribution is 6.30. The minimum Gasteiger partial charge on any atom is -0.488 e. The predicted molar refractivity (Wildman–Crippen MR) is 59.7 cm³/mol. The molecular formula is C11H16ClNO. The van der Waals surface area contributed by atoms with Crippen LogP contribution in [0.5, 0.6) is 5.75 Å². The zero-order valence-electron chi connectivity index (χ0n) is 8.80. The fourth-order valence-corrected chi connectivity index (χ4v) is 1.40. The molecule has 78 valence electrons. The third-order valence-electron chi connectivity index (χ3n) is 1.59. The predicted octanol–water partition coefficient (Wildman–Crippen LogP) is 2.98. The minimum atomic E-state index is -0.212. The topological polar surface area (TPSA) is 35.2 Å². The third kappa shape index (κ3) is 3.56. The summed E-state index contributed by atoms with van der Waals surface area (Å²) in [4.78, 5) is 0. The Morgan fingerprint density at radius 2 is 1.93 bits per heavy atom. The number of nitrogens with two attached hydrogens (primary N) is 1. The summed E-state index contributed by atoms with van der Waals surface area (Å²) >= 11 is 5.92. The quantitative estimate of drug-likeness (QED) is 0.820. The maximum Gasteiger partial charge on any atom is 0.121 e. The summed E-state index contributed by atoms with van der Waals surface area (Å²) in [5, 5.41) is 0.659. The number of halogens is 1. The first-order valence-corrected chi connectivity index (χ1v) is 4.97. The molecule has 0 heterocycles. The molecule has 0 aliphatic rings. The Labute approximate surface area is 90.0 Å². The number of rotatable bonds is 2. The molecule has 1 rings (SSSR count). The van der Waals surface area contributed by atoms with Crippen molar-refractivity contribution in [1.29, 1.82) is 0 Å². The van der Waals surface area contributed by atoms with Crippen LogP contribution in [0.15, 0.2) is 18.2 Å². The van der Waals surface area contributed by atoms with E-state index in [2.05, 4.69) is 0 Å². The average molecular weight is 214 g/mol. The van der Waals surface area contributed by atoms with Gasteiger partial charge in [0.15, 0.2) is 0 Å². The van der Waals surface area contributed by atoms with Crippen molar-refractivity contribution in [3.05, 3.63) is 28.8 Å². The van der Waals surface area contributed by atoms with Crippen molar-refractivity contribution in [3.63, 3.8) is 0 Å². The molecule has 0 saturated heterocycles. The number of ether oxygens (including phenoxy) is 1. The molecule has 0 saturated carbocycles. The highest BCUT2D eigenvalue weighted by Gasteiger charge is 2.12. The fourth-order valence-electron chi connectivity index (χ4n) is 1.15. The van der Waals surface area contributed by atoms with E-state index in [0.717, 1.165) is 11.3 Å². The Morgan fingerprint density at radius 3 is 2.43 bits per heavy atom. The maximum atomic E-state index is 5.92. The minimum absolute atomic E-state index is 0.212. The van der Waals surface area contributed by atoms with E-state index in [1.165, 1.54) is 0 Å². The lowest BCUT2D eigenvalue weighted by molar-refractivity contribution is 0.131. The van der Waals surface area contributed by atoms with Crippen LogP contribution >= 0.6 is 11.6 Å². The lowest BCUT2D eigenvalue weighted by Gasteiger charge is -2.21. The van der Waals surface area contributed by atoms with Crippen LogP contribution < -0.4 is 10.5 Å². The molecule has 0 atom stereocenters. The molecule has 0 radical (unpaired) electrons. The van der Waals surface area contributed by atoms with Crippen molar-refractivity contribution < 1.29 is 4.74 Å². The van der Waals surface area contributed by atoms with Gasteiger partial charge in [0.05, 0.1) is 0 Å². The molecule has 0 fully saturated rings. The van der Waals surface area contributed by atoms with E-state index >= 15 is 0 Å². The van der Waals surface area contributed by atoms with Crippen LogP contribution in [0.4, 0.5) is 0 Å². The Bertz CT molecular complexity index is 318. The van der Waals surface area contributed by atoms with Gasteiger partial charge in [0.25, 0.3) is 0 Å². The summed E-state index contributed by atoms with van der Waals surface area (Å²) in [7, 11) is 0. The lowest BCUT2D eigenvalue weighted by Crippen LogP contribution is -2.23. The van der Waals surface area contributed by atoms with Crippen molar-refractivity contribution in [2.75, 3.05) is 0 Å². The second-order valence-corrected chi connectivity index (χ2v) is 4.65. The van der Waals surface area contributed by atoms with Crippen molar-refractivity contribution in [1.82, 2.24) is 0 Å². The Kier molecular flexibility index (Phi) is 3.40. The molecule has 2 nitrogen and oxygen atoms in total. The first kappa shape index (κ1) is 11.3. The van der Waals surface area contributed by atoms with Crippen molar-refractivity contribution in [3.8, 4) is 5.75 Å². The van der Waals surface area contributed by atoms with E-state index in [1.807, 2.05) is 32.9 Å². The smallest absolute Gasteiger partial charge is 0.121 e. The second-order valence-electron chi connectivity index (χ2n) is 4.21. The number of hydrogen-bond acceptors (Lipinski definition) is 2. The molecule has 1 aromatic carbocycles. The van der Waals surface area contributed by atoms with Crippen LogP contribution in [-0.2, 0) is 6.54 Å². The summed E-state index contributed by atoms with van der Waals surface area (Å²) in [6, 6.07) is 5.56. The van der Waals surface area contributed by atoms with Gasteiger partial charge in [-0.05, 0) is 44.5 Å². The van der Waals surface area contributed by atoms with Gasteiger partial charge in [-0.15, -0.1) is 0 Å². The number of benzene rings is 1. The molecule has 3 heteroatoms. The van der Waals surface area contributed by atoms with Gasteiger partial charge in [0.2, 0.25) is 0 Å². The van der Waals surface area contributed by atoms with Gasteiger partial charge < -0.3 is 10.5 Å². The largest absolute Gasteiger partial charge is 0.488 e. The molecule has 2 N–H and O–H groups in total. The normalized spacial score (nSPS) is 11.5. The zero-order valence-corrected chi connectivity index (χ0v) is 9.56. The molecule has 0 unspecified atom stereocenters. The standard InChI is InChI=1S/C11H16ClNO/c1-11(2,3)14-10-5-8(7-13)4-9(12)6-10/h4-6H,7,13H2,1-3H3. The summed E-state index contributed by atoms with van der Waals surface area (Å²) in [5.74, 6) is 0.769. The van der Waals surface area contributed by atoms with Gasteiger partial charge in [0, 0.05) is 11.6 Å². The monoisotopic (exact) mass is 213 g/mol. The molecule has 0 amide bonds. The van der Waals surface area contributed by atoms with Crippen LogP contribution in [0.1, 0.15) is 26.3 Å². The zero-order chi connectivity index (χ0) is 10.8. The first-order valence-electron chi connectivity index (χ1n) is 4.59. The van der Waals surface area contributed by atoms with Crippen molar-refractivity contribution in [2.45, 2.75) is 32.9 Å². The molecule has 0 spiro atoms. The van der Waals surface area contributed by atoms with Crippen LogP contribution in [0.25, 0.3) is 0 Å². The summed E-state index contributed by atoms with van der Waals surface area (Å²) in [6.07, 6.45) is 0. The van der Waals surface area contributed by atoms with Gasteiger partial charge in [-0.25, -0.2) is 0 Å². The van der Waals surface area contributed by atoms with Gasteiger partial charge >= 0.3 is 0 Å². The van der Waals surface area contributed by atoms with Crippen molar-refractivity contribution >= 4 is 11.6 Å². The second kappa shape index (κ2) is 4.20. The molecule has 14 heavy (non-hydrogen) atoms. The summed E-state index contributed by atoms with van der Waals surface area (Å²) < 4.78 is 5.68. The molecule has 0 aliphatic heterocycles. The van der Waals surface area contributed by atoms with Crippen LogP contribution in [-0.4, -0.2) is 5.60 Å². The highest BCUT2D eigenvalue weighted by Crippen LogP contribution is 2.24. The van der Waals surface area contributed by atoms with Crippen molar-refractivity contribution in [2.24, 2.45) is 5.73 Å². The van der Waals surface area contributed by atoms with Gasteiger partial charge in [0.1, 0.15) is 11.4 Å². The average Bonchev–Trinajstić information content (AvgIpc) is 1.99. The Hall–Kier alpha value is -0.730. The van der Waals surface area contributed by atoms with Gasteiger partial charge in [-0.2, -0.15) is 0 Å². The molecular weight excluding hydrogens is 198 g/mol. The SMILES string of the molecule is CC(C)(C)Oc1cc(Cl)cc(CN)c1. The van der Waals surface area contributed by atoms with E-state index in [-0.39, 0.29) is 5.60 Å². The maximum absolute atomic E-state index is 5.92. The van der Waals surface area contributed by atoms with E-state index in [9.17, 15) is 0 Å². The summed E-state index contributed by atoms with van der Waals surface area (Å²) in [5.41, 5.74) is 6.31. The highest BCUT2D eigenvalue weighted by atomic mass is 35.5. The van der Waals surface area contributed by atoms with Gasteiger partial charge in [-0.3, -0.25) is 0 Å². The van der Waals surface area contributed by atoms with E-state index in [0.29, 0.717) is 11.6 Å². The van der Waals surface area contributed by atoms with Gasteiger partial charge in [-0.1, -0.05) is 11.6 Å². The third-order valence-corrected chi connectivity index (χ3v) is 1.81. The summed E-state index contributed by atoms with van der Waals surface area (Å²) in [6.45, 7) is 6.46. The molecule has 0 bridgehead atoms. The lowest BCUT2D eigenvalue weighted by atomic mass is 10.1. The fraction of sp³-hybridized carbons (Fsp3) is 0.455. The van der Waals surface area contributed by atoms with E-state index in [1.54, 1.807) is 6.07 Å². The van der Waals surface area contributed by atoms with Crippen LogP contribution in [0.2, 0.25) is 5.02 Å². The van der Waals surface area contributed by atoms with Crippen LogP contribution in [0, 0.1) is 0 Å². The molecule has 0 aromatic heterocycles.